The summed E-state index contributed by atoms with van der Waals surface area (Å²) in [5.74, 6) is 0.724. The molecule has 0 radical (unpaired) electrons. The molecule has 2 saturated heterocycles. The molecule has 2 heterocycles. The van der Waals surface area contributed by atoms with E-state index >= 15 is 0 Å². The number of hydrogen-bond acceptors (Lipinski definition) is 3. The second-order valence-electron chi connectivity index (χ2n) is 5.64. The summed E-state index contributed by atoms with van der Waals surface area (Å²) in [6, 6.07) is 7.38. The maximum Gasteiger partial charge on any atom is 0.228 e. The van der Waals surface area contributed by atoms with E-state index in [9.17, 15) is 9.59 Å². The molecule has 2 amide bonds. The van der Waals surface area contributed by atoms with Crippen LogP contribution in [0.25, 0.3) is 0 Å². The fourth-order valence-electron chi connectivity index (χ4n) is 3.08. The Hall–Kier alpha value is -2.04. The molecule has 0 saturated carbocycles. The van der Waals surface area contributed by atoms with Crippen molar-refractivity contribution < 1.29 is 14.3 Å². The van der Waals surface area contributed by atoms with Crippen LogP contribution in [0.3, 0.4) is 0 Å². The number of anilines is 1. The van der Waals surface area contributed by atoms with E-state index in [0.717, 1.165) is 37.4 Å². The average molecular weight is 288 g/mol. The van der Waals surface area contributed by atoms with Crippen LogP contribution >= 0.6 is 0 Å². The number of methoxy groups -OCH3 is 1. The van der Waals surface area contributed by atoms with Gasteiger partial charge in [0.15, 0.2) is 0 Å². The van der Waals surface area contributed by atoms with Crippen LogP contribution in [0.2, 0.25) is 0 Å². The summed E-state index contributed by atoms with van der Waals surface area (Å²) in [4.78, 5) is 28.2. The molecule has 2 aliphatic rings. The zero-order valence-electron chi connectivity index (χ0n) is 12.2. The summed E-state index contributed by atoms with van der Waals surface area (Å²) in [6.45, 7) is 2.17. The van der Waals surface area contributed by atoms with Crippen molar-refractivity contribution in [3.05, 3.63) is 24.3 Å². The van der Waals surface area contributed by atoms with E-state index in [2.05, 4.69) is 0 Å². The molecular weight excluding hydrogens is 268 g/mol. The SMILES string of the molecule is COc1ccc(N2C[C@@H](C(=O)N3CCCC3)CC2=O)cc1. The smallest absolute Gasteiger partial charge is 0.228 e. The Labute approximate surface area is 124 Å². The fraction of sp³-hybridized carbons (Fsp3) is 0.500. The summed E-state index contributed by atoms with van der Waals surface area (Å²) in [5, 5.41) is 0. The van der Waals surface area contributed by atoms with Crippen LogP contribution in [0.5, 0.6) is 5.75 Å². The molecule has 1 atom stereocenters. The third-order valence-electron chi connectivity index (χ3n) is 4.28. The fourth-order valence-corrected chi connectivity index (χ4v) is 3.08. The maximum absolute atomic E-state index is 12.4. The maximum atomic E-state index is 12.4. The number of nitrogens with zero attached hydrogens (tertiary/aromatic N) is 2. The summed E-state index contributed by atoms with van der Waals surface area (Å²) in [5.41, 5.74) is 0.831. The molecule has 3 rings (SSSR count). The number of amides is 2. The largest absolute Gasteiger partial charge is 0.497 e. The lowest BCUT2D eigenvalue weighted by atomic mass is 10.1. The second kappa shape index (κ2) is 5.76. The van der Waals surface area contributed by atoms with E-state index in [0.29, 0.717) is 13.0 Å². The van der Waals surface area contributed by atoms with E-state index < -0.39 is 0 Å². The highest BCUT2D eigenvalue weighted by atomic mass is 16.5. The van der Waals surface area contributed by atoms with Crippen LogP contribution in [0.1, 0.15) is 19.3 Å². The number of carbonyl (C=O) groups is 2. The molecule has 0 spiro atoms. The van der Waals surface area contributed by atoms with E-state index in [1.807, 2.05) is 29.2 Å². The third-order valence-corrected chi connectivity index (χ3v) is 4.28. The van der Waals surface area contributed by atoms with Crippen LogP contribution in [-0.2, 0) is 9.59 Å². The first-order valence-corrected chi connectivity index (χ1v) is 7.42. The lowest BCUT2D eigenvalue weighted by Gasteiger charge is -2.20. The van der Waals surface area contributed by atoms with Gasteiger partial charge in [0.05, 0.1) is 13.0 Å². The zero-order chi connectivity index (χ0) is 14.8. The molecule has 0 N–H and O–H groups in total. The van der Waals surface area contributed by atoms with Crippen molar-refractivity contribution in [1.82, 2.24) is 4.90 Å². The zero-order valence-corrected chi connectivity index (χ0v) is 12.2. The molecular formula is C16H20N2O3. The Morgan fingerprint density at radius 2 is 1.86 bits per heavy atom. The molecule has 0 unspecified atom stereocenters. The predicted molar refractivity (Wildman–Crippen MR) is 79.3 cm³/mol. The number of ether oxygens (including phenoxy) is 1. The van der Waals surface area contributed by atoms with Gasteiger partial charge in [-0.3, -0.25) is 9.59 Å². The lowest BCUT2D eigenvalue weighted by molar-refractivity contribution is -0.134. The predicted octanol–water partition coefficient (Wildman–Crippen LogP) is 1.67. The summed E-state index contributed by atoms with van der Waals surface area (Å²) in [6.07, 6.45) is 2.48. The van der Waals surface area contributed by atoms with Crippen LogP contribution in [0, 0.1) is 5.92 Å². The molecule has 1 aromatic rings. The van der Waals surface area contributed by atoms with Gasteiger partial charge in [0.25, 0.3) is 0 Å². The van der Waals surface area contributed by atoms with Crippen LogP contribution in [-0.4, -0.2) is 43.5 Å². The first-order valence-electron chi connectivity index (χ1n) is 7.42. The van der Waals surface area contributed by atoms with Crippen molar-refractivity contribution in [2.45, 2.75) is 19.3 Å². The van der Waals surface area contributed by atoms with Gasteiger partial charge in [0.2, 0.25) is 11.8 Å². The molecule has 0 aromatic heterocycles. The Kier molecular flexibility index (Phi) is 3.82. The average Bonchev–Trinajstić information content (AvgIpc) is 3.16. The monoisotopic (exact) mass is 288 g/mol. The molecule has 5 nitrogen and oxygen atoms in total. The van der Waals surface area contributed by atoms with Crippen LogP contribution < -0.4 is 9.64 Å². The van der Waals surface area contributed by atoms with Crippen molar-refractivity contribution in [2.75, 3.05) is 31.6 Å². The highest BCUT2D eigenvalue weighted by Gasteiger charge is 2.37. The highest BCUT2D eigenvalue weighted by Crippen LogP contribution is 2.28. The van der Waals surface area contributed by atoms with Gasteiger partial charge in [-0.2, -0.15) is 0 Å². The molecule has 112 valence electrons. The molecule has 21 heavy (non-hydrogen) atoms. The number of hydrogen-bond donors (Lipinski definition) is 0. The summed E-state index contributed by atoms with van der Waals surface area (Å²) >= 11 is 0. The quantitative estimate of drug-likeness (QED) is 0.850. The van der Waals surface area contributed by atoms with Crippen molar-refractivity contribution in [3.8, 4) is 5.75 Å². The number of carbonyl (C=O) groups excluding carboxylic acids is 2. The first-order chi connectivity index (χ1) is 10.2. The van der Waals surface area contributed by atoms with Gasteiger partial charge in [0.1, 0.15) is 5.75 Å². The van der Waals surface area contributed by atoms with E-state index in [1.165, 1.54) is 0 Å². The summed E-state index contributed by atoms with van der Waals surface area (Å²) in [7, 11) is 1.61. The molecule has 5 heteroatoms. The molecule has 2 fully saturated rings. The number of rotatable bonds is 3. The Morgan fingerprint density at radius 3 is 2.48 bits per heavy atom. The van der Waals surface area contributed by atoms with Crippen molar-refractivity contribution in [2.24, 2.45) is 5.92 Å². The Balaban J connectivity index is 1.70. The lowest BCUT2D eigenvalue weighted by Crippen LogP contribution is -2.35. The van der Waals surface area contributed by atoms with Crippen molar-refractivity contribution >= 4 is 17.5 Å². The third kappa shape index (κ3) is 2.73. The van der Waals surface area contributed by atoms with Crippen molar-refractivity contribution in [3.63, 3.8) is 0 Å². The molecule has 0 aliphatic carbocycles. The Morgan fingerprint density at radius 1 is 1.19 bits per heavy atom. The van der Waals surface area contributed by atoms with Gasteiger partial charge in [0, 0.05) is 31.7 Å². The first kappa shape index (κ1) is 13.9. The minimum atomic E-state index is -0.197. The number of benzene rings is 1. The molecule has 0 bridgehead atoms. The molecule has 2 aliphatic heterocycles. The highest BCUT2D eigenvalue weighted by molar-refractivity contribution is 6.00. The van der Waals surface area contributed by atoms with Crippen LogP contribution in [0.15, 0.2) is 24.3 Å². The van der Waals surface area contributed by atoms with Crippen molar-refractivity contribution in [1.29, 1.82) is 0 Å². The van der Waals surface area contributed by atoms with Crippen LogP contribution in [0.4, 0.5) is 5.69 Å². The summed E-state index contributed by atoms with van der Waals surface area (Å²) < 4.78 is 5.12. The standard InChI is InChI=1S/C16H20N2O3/c1-21-14-6-4-13(5-7-14)18-11-12(10-15(18)19)16(20)17-8-2-3-9-17/h4-7,12H,2-3,8-11H2,1H3/t12-/m0/s1. The molecule has 1 aromatic carbocycles. The topological polar surface area (TPSA) is 49.9 Å². The van der Waals surface area contributed by atoms with Gasteiger partial charge in [-0.15, -0.1) is 0 Å². The minimum absolute atomic E-state index is 0.0257. The van der Waals surface area contributed by atoms with Gasteiger partial charge in [-0.1, -0.05) is 0 Å². The van der Waals surface area contributed by atoms with Gasteiger partial charge >= 0.3 is 0 Å². The van der Waals surface area contributed by atoms with Gasteiger partial charge in [-0.25, -0.2) is 0 Å². The van der Waals surface area contributed by atoms with Gasteiger partial charge in [-0.05, 0) is 37.1 Å². The normalized spacial score (nSPS) is 22.0. The number of likely N-dealkylation sites (tertiary alicyclic amines) is 1. The van der Waals surface area contributed by atoms with Gasteiger partial charge < -0.3 is 14.5 Å². The van der Waals surface area contributed by atoms with E-state index in [4.69, 9.17) is 4.74 Å². The van der Waals surface area contributed by atoms with E-state index in [-0.39, 0.29) is 17.7 Å². The van der Waals surface area contributed by atoms with E-state index in [1.54, 1.807) is 12.0 Å². The second-order valence-corrected chi connectivity index (χ2v) is 5.64. The Bertz CT molecular complexity index is 535. The minimum Gasteiger partial charge on any atom is -0.497 e.